The minimum atomic E-state index is -0.403. The van der Waals surface area contributed by atoms with Crippen LogP contribution in [0.3, 0.4) is 0 Å². The van der Waals surface area contributed by atoms with E-state index in [1.54, 1.807) is 0 Å². The average Bonchev–Trinajstić information content (AvgIpc) is 2.30. The monoisotopic (exact) mass is 264 g/mol. The van der Waals surface area contributed by atoms with E-state index < -0.39 is 6.10 Å². The van der Waals surface area contributed by atoms with Crippen molar-refractivity contribution in [3.05, 3.63) is 58.6 Å². The summed E-state index contributed by atoms with van der Waals surface area (Å²) in [4.78, 5) is 0. The topological polar surface area (TPSA) is 20.2 Å². The molecule has 2 heteroatoms. The van der Waals surface area contributed by atoms with Gasteiger partial charge >= 0.3 is 0 Å². The van der Waals surface area contributed by atoms with E-state index in [9.17, 15) is 5.11 Å². The van der Waals surface area contributed by atoms with Crippen molar-refractivity contribution >= 4 is 15.9 Å². The first-order valence-corrected chi connectivity index (χ1v) is 5.83. The van der Waals surface area contributed by atoms with Crippen molar-refractivity contribution in [3.63, 3.8) is 0 Å². The molecule has 0 aliphatic heterocycles. The summed E-state index contributed by atoms with van der Waals surface area (Å²) >= 11 is 3.38. The molecule has 0 spiro atoms. The number of aliphatic hydroxyl groups excluding tert-OH is 1. The standard InChI is InChI=1S/C13H13BrO/c14-12-8-6-11(7-9-12)13(15)10-4-2-1-3-5-10/h1-4,6-10,13,15H,5H2/t10-,13-/m1/s1. The Balaban J connectivity index is 2.13. The van der Waals surface area contributed by atoms with Gasteiger partial charge in [-0.05, 0) is 24.1 Å². The summed E-state index contributed by atoms with van der Waals surface area (Å²) in [5.74, 6) is 0.205. The fourth-order valence-electron chi connectivity index (χ4n) is 1.74. The highest BCUT2D eigenvalue weighted by Gasteiger charge is 2.17. The molecule has 1 aliphatic carbocycles. The van der Waals surface area contributed by atoms with Crippen LogP contribution in [0.5, 0.6) is 0 Å². The molecule has 0 saturated heterocycles. The van der Waals surface area contributed by atoms with Crippen LogP contribution in [0.4, 0.5) is 0 Å². The van der Waals surface area contributed by atoms with Gasteiger partial charge in [-0.1, -0.05) is 52.4 Å². The molecule has 1 aliphatic rings. The van der Waals surface area contributed by atoms with Crippen molar-refractivity contribution in [2.24, 2.45) is 5.92 Å². The van der Waals surface area contributed by atoms with Gasteiger partial charge in [0, 0.05) is 10.4 Å². The summed E-state index contributed by atoms with van der Waals surface area (Å²) < 4.78 is 1.04. The van der Waals surface area contributed by atoms with Crippen LogP contribution in [0.1, 0.15) is 18.1 Å². The van der Waals surface area contributed by atoms with Gasteiger partial charge in [0.05, 0.1) is 6.10 Å². The summed E-state index contributed by atoms with van der Waals surface area (Å²) in [6.07, 6.45) is 8.67. The van der Waals surface area contributed by atoms with Crippen molar-refractivity contribution in [3.8, 4) is 0 Å². The summed E-state index contributed by atoms with van der Waals surface area (Å²) in [6.45, 7) is 0. The lowest BCUT2D eigenvalue weighted by Gasteiger charge is -2.20. The van der Waals surface area contributed by atoms with Crippen LogP contribution in [0.15, 0.2) is 53.0 Å². The third-order valence-electron chi connectivity index (χ3n) is 2.63. The molecule has 15 heavy (non-hydrogen) atoms. The number of hydrogen-bond donors (Lipinski definition) is 1. The minimum Gasteiger partial charge on any atom is -0.388 e. The molecule has 1 aromatic carbocycles. The zero-order valence-corrected chi connectivity index (χ0v) is 9.89. The molecule has 0 aromatic heterocycles. The lowest BCUT2D eigenvalue weighted by atomic mass is 9.90. The van der Waals surface area contributed by atoms with Crippen molar-refractivity contribution in [1.82, 2.24) is 0 Å². The first-order chi connectivity index (χ1) is 7.27. The maximum absolute atomic E-state index is 10.1. The van der Waals surface area contributed by atoms with Gasteiger partial charge in [0.2, 0.25) is 0 Å². The number of rotatable bonds is 2. The van der Waals surface area contributed by atoms with Crippen LogP contribution in [-0.4, -0.2) is 5.11 Å². The number of halogens is 1. The highest BCUT2D eigenvalue weighted by molar-refractivity contribution is 9.10. The van der Waals surface area contributed by atoms with E-state index in [1.807, 2.05) is 36.4 Å². The molecule has 0 amide bonds. The molecule has 0 radical (unpaired) electrons. The molecule has 0 fully saturated rings. The maximum atomic E-state index is 10.1. The van der Waals surface area contributed by atoms with E-state index in [0.29, 0.717) is 0 Å². The number of benzene rings is 1. The molecule has 1 nitrogen and oxygen atoms in total. The van der Waals surface area contributed by atoms with E-state index in [1.165, 1.54) is 0 Å². The van der Waals surface area contributed by atoms with Crippen LogP contribution in [0.25, 0.3) is 0 Å². The molecular formula is C13H13BrO. The summed E-state index contributed by atoms with van der Waals surface area (Å²) in [5.41, 5.74) is 0.975. The van der Waals surface area contributed by atoms with Crippen LogP contribution in [-0.2, 0) is 0 Å². The van der Waals surface area contributed by atoms with Crippen molar-refractivity contribution in [2.75, 3.05) is 0 Å². The zero-order chi connectivity index (χ0) is 10.7. The summed E-state index contributed by atoms with van der Waals surface area (Å²) in [7, 11) is 0. The lowest BCUT2D eigenvalue weighted by molar-refractivity contribution is 0.132. The predicted molar refractivity (Wildman–Crippen MR) is 65.5 cm³/mol. The molecule has 2 atom stereocenters. The fraction of sp³-hybridized carbons (Fsp3) is 0.231. The predicted octanol–water partition coefficient (Wildman–Crippen LogP) is 3.61. The van der Waals surface area contributed by atoms with Gasteiger partial charge in [0.15, 0.2) is 0 Å². The molecule has 1 N–H and O–H groups in total. The Morgan fingerprint density at radius 3 is 2.53 bits per heavy atom. The Morgan fingerprint density at radius 2 is 1.93 bits per heavy atom. The Kier molecular flexibility index (Phi) is 3.39. The third-order valence-corrected chi connectivity index (χ3v) is 3.16. The van der Waals surface area contributed by atoms with E-state index >= 15 is 0 Å². The second-order valence-corrected chi connectivity index (χ2v) is 4.62. The zero-order valence-electron chi connectivity index (χ0n) is 8.31. The normalized spacial score (nSPS) is 21.6. The van der Waals surface area contributed by atoms with E-state index in [4.69, 9.17) is 0 Å². The van der Waals surface area contributed by atoms with E-state index in [-0.39, 0.29) is 5.92 Å². The van der Waals surface area contributed by atoms with Crippen LogP contribution in [0, 0.1) is 5.92 Å². The maximum Gasteiger partial charge on any atom is 0.0855 e. The molecule has 0 unspecified atom stereocenters. The molecule has 2 rings (SSSR count). The first-order valence-electron chi connectivity index (χ1n) is 5.04. The average molecular weight is 265 g/mol. The smallest absolute Gasteiger partial charge is 0.0855 e. The number of aliphatic hydroxyl groups is 1. The molecule has 0 saturated carbocycles. The molecule has 0 bridgehead atoms. The van der Waals surface area contributed by atoms with Gasteiger partial charge in [0.25, 0.3) is 0 Å². The Labute approximate surface area is 98.3 Å². The minimum absolute atomic E-state index is 0.205. The van der Waals surface area contributed by atoms with Gasteiger partial charge in [-0.2, -0.15) is 0 Å². The van der Waals surface area contributed by atoms with Crippen molar-refractivity contribution in [1.29, 1.82) is 0 Å². The SMILES string of the molecule is O[C@@H](c1ccc(Br)cc1)[C@@H]1C=CC=CC1. The summed E-state index contributed by atoms with van der Waals surface area (Å²) in [6, 6.07) is 7.84. The molecular weight excluding hydrogens is 252 g/mol. The van der Waals surface area contributed by atoms with Crippen molar-refractivity contribution < 1.29 is 5.11 Å². The van der Waals surface area contributed by atoms with E-state index in [2.05, 4.69) is 28.1 Å². The van der Waals surface area contributed by atoms with Gasteiger partial charge in [-0.3, -0.25) is 0 Å². The van der Waals surface area contributed by atoms with E-state index in [0.717, 1.165) is 16.5 Å². The second kappa shape index (κ2) is 4.77. The van der Waals surface area contributed by atoms with Gasteiger partial charge in [-0.15, -0.1) is 0 Å². The highest BCUT2D eigenvalue weighted by Crippen LogP contribution is 2.28. The lowest BCUT2D eigenvalue weighted by Crippen LogP contribution is -2.10. The second-order valence-electron chi connectivity index (χ2n) is 3.71. The Hall–Kier alpha value is -0.860. The Bertz CT molecular complexity index is 378. The largest absolute Gasteiger partial charge is 0.388 e. The van der Waals surface area contributed by atoms with Crippen LogP contribution < -0.4 is 0 Å². The fourth-order valence-corrected chi connectivity index (χ4v) is 2.01. The number of allylic oxidation sites excluding steroid dienone is 3. The highest BCUT2D eigenvalue weighted by atomic mass is 79.9. The van der Waals surface area contributed by atoms with Gasteiger partial charge in [0.1, 0.15) is 0 Å². The number of hydrogen-bond acceptors (Lipinski definition) is 1. The first kappa shape index (κ1) is 10.7. The van der Waals surface area contributed by atoms with Crippen molar-refractivity contribution in [2.45, 2.75) is 12.5 Å². The molecule has 78 valence electrons. The van der Waals surface area contributed by atoms with Gasteiger partial charge < -0.3 is 5.11 Å². The van der Waals surface area contributed by atoms with Gasteiger partial charge in [-0.25, -0.2) is 0 Å². The summed E-state index contributed by atoms with van der Waals surface area (Å²) in [5, 5.41) is 10.1. The third kappa shape index (κ3) is 2.58. The molecule has 1 aromatic rings. The van der Waals surface area contributed by atoms with Crippen LogP contribution >= 0.6 is 15.9 Å². The quantitative estimate of drug-likeness (QED) is 0.866. The molecule has 0 heterocycles. The Morgan fingerprint density at radius 1 is 1.20 bits per heavy atom. The van der Waals surface area contributed by atoms with Crippen LogP contribution in [0.2, 0.25) is 0 Å².